The van der Waals surface area contributed by atoms with Crippen molar-refractivity contribution in [3.05, 3.63) is 59.7 Å². The van der Waals surface area contributed by atoms with Crippen LogP contribution >= 0.6 is 0 Å². The predicted octanol–water partition coefficient (Wildman–Crippen LogP) is 2.84. The molecule has 0 saturated heterocycles. The molecule has 2 aromatic carbocycles. The maximum Gasteiger partial charge on any atom is 0.265 e. The van der Waals surface area contributed by atoms with Gasteiger partial charge in [-0.15, -0.1) is 0 Å². The molecular formula is C18H19NO3. The highest BCUT2D eigenvalue weighted by atomic mass is 16.6. The summed E-state index contributed by atoms with van der Waals surface area (Å²) in [5.74, 6) is 1.12. The maximum atomic E-state index is 12.4. The van der Waals surface area contributed by atoms with Crippen LogP contribution < -0.4 is 14.8 Å². The van der Waals surface area contributed by atoms with Gasteiger partial charge in [0, 0.05) is 6.54 Å². The van der Waals surface area contributed by atoms with E-state index in [0.717, 1.165) is 5.56 Å². The van der Waals surface area contributed by atoms with Gasteiger partial charge in [-0.25, -0.2) is 0 Å². The van der Waals surface area contributed by atoms with E-state index in [-0.39, 0.29) is 12.0 Å². The summed E-state index contributed by atoms with van der Waals surface area (Å²) in [6.07, 6.45) is -0.966. The van der Waals surface area contributed by atoms with Crippen LogP contribution in [0.4, 0.5) is 0 Å². The molecule has 1 N–H and O–H groups in total. The largest absolute Gasteiger partial charge is 0.482 e. The lowest BCUT2D eigenvalue weighted by Crippen LogP contribution is -2.48. The molecule has 3 rings (SSSR count). The van der Waals surface area contributed by atoms with Crippen molar-refractivity contribution >= 4 is 5.91 Å². The summed E-state index contributed by atoms with van der Waals surface area (Å²) in [6, 6.07) is 15.4. The molecule has 0 aliphatic carbocycles. The summed E-state index contributed by atoms with van der Waals surface area (Å²) in [5.41, 5.74) is 2.24. The molecule has 4 heteroatoms. The third-order valence-electron chi connectivity index (χ3n) is 3.65. The standard InChI is InChI=1S/C18H19NO3/c1-12-6-5-7-14(10-12)11-19-18(20)17-13(2)21-15-8-3-4-9-16(15)22-17/h3-10,13,17H,11H2,1-2H3,(H,19,20)/t13-,17-/m0/s1. The van der Waals surface area contributed by atoms with Crippen LogP contribution in [-0.2, 0) is 11.3 Å². The summed E-state index contributed by atoms with van der Waals surface area (Å²) in [6.45, 7) is 4.35. The molecular weight excluding hydrogens is 278 g/mol. The SMILES string of the molecule is Cc1cccc(CNC(=O)[C@H]2Oc3ccccc3O[C@H]2C)c1. The summed E-state index contributed by atoms with van der Waals surface area (Å²) in [4.78, 5) is 12.4. The van der Waals surface area contributed by atoms with Gasteiger partial charge in [0.15, 0.2) is 11.5 Å². The molecule has 2 atom stereocenters. The van der Waals surface area contributed by atoms with Gasteiger partial charge in [-0.1, -0.05) is 42.0 Å². The second-order valence-corrected chi connectivity index (χ2v) is 5.52. The Hall–Kier alpha value is -2.49. The van der Waals surface area contributed by atoms with E-state index in [9.17, 15) is 4.79 Å². The number of carbonyl (C=O) groups is 1. The Kier molecular flexibility index (Phi) is 4.00. The fourth-order valence-electron chi connectivity index (χ4n) is 2.52. The zero-order chi connectivity index (χ0) is 15.5. The van der Waals surface area contributed by atoms with Crippen LogP contribution in [0.2, 0.25) is 0 Å². The number of fused-ring (bicyclic) bond motifs is 1. The topological polar surface area (TPSA) is 47.6 Å². The minimum absolute atomic E-state index is 0.163. The Labute approximate surface area is 130 Å². The highest BCUT2D eigenvalue weighted by molar-refractivity contribution is 5.82. The number of aryl methyl sites for hydroxylation is 1. The Balaban J connectivity index is 1.65. The van der Waals surface area contributed by atoms with Crippen LogP contribution in [0.3, 0.4) is 0 Å². The molecule has 1 heterocycles. The van der Waals surface area contributed by atoms with Crippen LogP contribution in [0.15, 0.2) is 48.5 Å². The number of amides is 1. The maximum absolute atomic E-state index is 12.4. The minimum atomic E-state index is -0.639. The monoisotopic (exact) mass is 297 g/mol. The summed E-state index contributed by atoms with van der Waals surface area (Å²) in [7, 11) is 0. The van der Waals surface area contributed by atoms with Gasteiger partial charge in [-0.2, -0.15) is 0 Å². The molecule has 1 aliphatic rings. The highest BCUT2D eigenvalue weighted by Gasteiger charge is 2.33. The van der Waals surface area contributed by atoms with Gasteiger partial charge in [-0.3, -0.25) is 4.79 Å². The molecule has 0 radical (unpaired) electrons. The molecule has 0 fully saturated rings. The van der Waals surface area contributed by atoms with E-state index in [2.05, 4.69) is 11.4 Å². The number of nitrogens with one attached hydrogen (secondary N) is 1. The van der Waals surface area contributed by atoms with Crippen LogP contribution in [-0.4, -0.2) is 18.1 Å². The molecule has 1 aliphatic heterocycles. The lowest BCUT2D eigenvalue weighted by molar-refractivity contribution is -0.133. The number of carbonyl (C=O) groups excluding carboxylic acids is 1. The lowest BCUT2D eigenvalue weighted by atomic mass is 10.1. The number of para-hydroxylation sites is 2. The van der Waals surface area contributed by atoms with E-state index in [1.165, 1.54) is 5.56 Å². The molecule has 0 bridgehead atoms. The van der Waals surface area contributed by atoms with Gasteiger partial charge in [0.25, 0.3) is 5.91 Å². The van der Waals surface area contributed by atoms with Crippen LogP contribution in [0.5, 0.6) is 11.5 Å². The smallest absolute Gasteiger partial charge is 0.265 e. The third-order valence-corrected chi connectivity index (χ3v) is 3.65. The van der Waals surface area contributed by atoms with Crippen LogP contribution in [0, 0.1) is 6.92 Å². The van der Waals surface area contributed by atoms with Gasteiger partial charge < -0.3 is 14.8 Å². The third kappa shape index (κ3) is 3.06. The summed E-state index contributed by atoms with van der Waals surface area (Å²) >= 11 is 0. The number of hydrogen-bond acceptors (Lipinski definition) is 3. The van der Waals surface area contributed by atoms with Crippen molar-refractivity contribution < 1.29 is 14.3 Å². The molecule has 4 nitrogen and oxygen atoms in total. The number of hydrogen-bond donors (Lipinski definition) is 1. The summed E-state index contributed by atoms with van der Waals surface area (Å²) in [5, 5.41) is 2.91. The first-order valence-corrected chi connectivity index (χ1v) is 7.39. The van der Waals surface area contributed by atoms with E-state index in [0.29, 0.717) is 18.0 Å². The van der Waals surface area contributed by atoms with Gasteiger partial charge in [0.1, 0.15) is 6.10 Å². The molecule has 22 heavy (non-hydrogen) atoms. The molecule has 0 saturated carbocycles. The van der Waals surface area contributed by atoms with Crippen molar-refractivity contribution in [1.82, 2.24) is 5.32 Å². The van der Waals surface area contributed by atoms with E-state index in [1.54, 1.807) is 0 Å². The van der Waals surface area contributed by atoms with Gasteiger partial charge in [-0.05, 0) is 31.5 Å². The molecule has 2 aromatic rings. The lowest BCUT2D eigenvalue weighted by Gasteiger charge is -2.31. The van der Waals surface area contributed by atoms with Gasteiger partial charge in [0.2, 0.25) is 6.10 Å². The van der Waals surface area contributed by atoms with Gasteiger partial charge in [0.05, 0.1) is 0 Å². The average molecular weight is 297 g/mol. The first-order chi connectivity index (χ1) is 10.6. The van der Waals surface area contributed by atoms with Crippen LogP contribution in [0.25, 0.3) is 0 Å². The van der Waals surface area contributed by atoms with Crippen molar-refractivity contribution in [1.29, 1.82) is 0 Å². The Bertz CT molecular complexity index is 684. The quantitative estimate of drug-likeness (QED) is 0.947. The molecule has 0 unspecified atom stereocenters. The van der Waals surface area contributed by atoms with E-state index in [4.69, 9.17) is 9.47 Å². The van der Waals surface area contributed by atoms with Crippen molar-refractivity contribution in [3.8, 4) is 11.5 Å². The Morgan fingerprint density at radius 3 is 2.55 bits per heavy atom. The normalized spacial score (nSPS) is 19.5. The first kappa shape index (κ1) is 14.4. The number of benzene rings is 2. The molecule has 1 amide bonds. The zero-order valence-electron chi connectivity index (χ0n) is 12.7. The highest BCUT2D eigenvalue weighted by Crippen LogP contribution is 2.33. The molecule has 0 spiro atoms. The fourth-order valence-corrected chi connectivity index (χ4v) is 2.52. The zero-order valence-corrected chi connectivity index (χ0v) is 12.7. The molecule has 0 aromatic heterocycles. The van der Waals surface area contributed by atoms with Crippen molar-refractivity contribution in [2.45, 2.75) is 32.6 Å². The first-order valence-electron chi connectivity index (χ1n) is 7.39. The second kappa shape index (κ2) is 6.10. The van der Waals surface area contributed by atoms with Crippen molar-refractivity contribution in [2.75, 3.05) is 0 Å². The predicted molar refractivity (Wildman–Crippen MR) is 84.0 cm³/mol. The molecule has 114 valence electrons. The van der Waals surface area contributed by atoms with Crippen molar-refractivity contribution in [3.63, 3.8) is 0 Å². The average Bonchev–Trinajstić information content (AvgIpc) is 2.52. The van der Waals surface area contributed by atoms with Crippen LogP contribution in [0.1, 0.15) is 18.1 Å². The van der Waals surface area contributed by atoms with Crippen molar-refractivity contribution in [2.24, 2.45) is 0 Å². The Morgan fingerprint density at radius 2 is 1.82 bits per heavy atom. The van der Waals surface area contributed by atoms with E-state index >= 15 is 0 Å². The minimum Gasteiger partial charge on any atom is -0.482 e. The number of rotatable bonds is 3. The van der Waals surface area contributed by atoms with E-state index in [1.807, 2.05) is 56.3 Å². The fraction of sp³-hybridized carbons (Fsp3) is 0.278. The Morgan fingerprint density at radius 1 is 1.09 bits per heavy atom. The summed E-state index contributed by atoms with van der Waals surface area (Å²) < 4.78 is 11.5. The van der Waals surface area contributed by atoms with Gasteiger partial charge >= 0.3 is 0 Å². The van der Waals surface area contributed by atoms with E-state index < -0.39 is 6.10 Å². The second-order valence-electron chi connectivity index (χ2n) is 5.52. The number of ether oxygens (including phenoxy) is 2.